The molecular formula is C27H28ClN3O3S. The first-order chi connectivity index (χ1) is 17.1. The molecule has 182 valence electrons. The molecule has 0 saturated carbocycles. The van der Waals surface area contributed by atoms with Crippen LogP contribution in [0.25, 0.3) is 21.3 Å². The molecule has 1 aromatic carbocycles. The maximum atomic E-state index is 10.4. The number of fused-ring (bicyclic) bond motifs is 2. The fourth-order valence-corrected chi connectivity index (χ4v) is 6.65. The van der Waals surface area contributed by atoms with Crippen LogP contribution in [0.4, 0.5) is 0 Å². The molecule has 1 N–H and O–H groups in total. The van der Waals surface area contributed by atoms with Gasteiger partial charge in [0.25, 0.3) is 0 Å². The average molecular weight is 510 g/mol. The molecule has 2 atom stereocenters. The van der Waals surface area contributed by atoms with Crippen LogP contribution in [-0.2, 0) is 13.0 Å². The van der Waals surface area contributed by atoms with Gasteiger partial charge >= 0.3 is 0 Å². The van der Waals surface area contributed by atoms with E-state index in [1.54, 1.807) is 17.5 Å². The molecule has 2 aliphatic heterocycles. The second-order valence-corrected chi connectivity index (χ2v) is 10.9. The lowest BCUT2D eigenvalue weighted by atomic mass is 10.00. The maximum absolute atomic E-state index is 10.4. The highest BCUT2D eigenvalue weighted by Gasteiger charge is 2.33. The number of aliphatic hydroxyl groups is 1. The van der Waals surface area contributed by atoms with E-state index in [9.17, 15) is 5.11 Å². The van der Waals surface area contributed by atoms with Crippen LogP contribution in [0.15, 0.2) is 41.3 Å². The molecule has 5 heterocycles. The Labute approximate surface area is 213 Å². The number of benzene rings is 1. The molecule has 0 aliphatic carbocycles. The Morgan fingerprint density at radius 2 is 2.03 bits per heavy atom. The molecular weight excluding hydrogens is 482 g/mol. The van der Waals surface area contributed by atoms with Crippen molar-refractivity contribution in [3.63, 3.8) is 0 Å². The van der Waals surface area contributed by atoms with Gasteiger partial charge in [0.2, 0.25) is 0 Å². The smallest absolute Gasteiger partial charge is 0.181 e. The lowest BCUT2D eigenvalue weighted by Crippen LogP contribution is -2.29. The van der Waals surface area contributed by atoms with Crippen molar-refractivity contribution in [1.82, 2.24) is 14.9 Å². The van der Waals surface area contributed by atoms with Gasteiger partial charge in [0, 0.05) is 45.8 Å². The van der Waals surface area contributed by atoms with E-state index < -0.39 is 6.10 Å². The van der Waals surface area contributed by atoms with Crippen LogP contribution in [0.1, 0.15) is 66.7 Å². The van der Waals surface area contributed by atoms with Crippen molar-refractivity contribution in [3.8, 4) is 16.9 Å². The van der Waals surface area contributed by atoms with Gasteiger partial charge in [0.05, 0.1) is 16.3 Å². The minimum absolute atomic E-state index is 0.234. The van der Waals surface area contributed by atoms with E-state index in [0.717, 1.165) is 68.6 Å². The van der Waals surface area contributed by atoms with E-state index in [2.05, 4.69) is 14.9 Å². The standard InChI is InChI=1S/C27H28ClN3O3S/c1-2-22(32)24-13-20-27(35-24)18(6-7-29-20)19-12-17(28)10-16-11-23(34-25(16)19)26-21(30-15-33-26)14-31-8-4-3-5-9-31/h6-7,10,12-13,15,22-23,32H,2-5,8-9,11,14H2,1H3. The third-order valence-corrected chi connectivity index (χ3v) is 8.50. The number of hydrogen-bond donors (Lipinski definition) is 1. The number of piperidine rings is 1. The van der Waals surface area contributed by atoms with Crippen LogP contribution in [0.2, 0.25) is 5.02 Å². The van der Waals surface area contributed by atoms with E-state index in [0.29, 0.717) is 17.9 Å². The summed E-state index contributed by atoms with van der Waals surface area (Å²) in [6.07, 6.45) is 7.74. The summed E-state index contributed by atoms with van der Waals surface area (Å²) < 4.78 is 13.5. The van der Waals surface area contributed by atoms with Gasteiger partial charge in [0.1, 0.15) is 11.4 Å². The first kappa shape index (κ1) is 23.0. The maximum Gasteiger partial charge on any atom is 0.181 e. The van der Waals surface area contributed by atoms with E-state index in [1.165, 1.54) is 25.7 Å². The number of nitrogens with zero attached hydrogens (tertiary/aromatic N) is 3. The number of ether oxygens (including phenoxy) is 1. The van der Waals surface area contributed by atoms with Gasteiger partial charge in [-0.2, -0.15) is 0 Å². The molecule has 2 aliphatic rings. The molecule has 6 nitrogen and oxygen atoms in total. The monoisotopic (exact) mass is 509 g/mol. The van der Waals surface area contributed by atoms with Gasteiger partial charge in [-0.1, -0.05) is 24.9 Å². The Morgan fingerprint density at radius 3 is 2.86 bits per heavy atom. The summed E-state index contributed by atoms with van der Waals surface area (Å²) in [5, 5.41) is 11.1. The van der Waals surface area contributed by atoms with Crippen LogP contribution in [-0.4, -0.2) is 33.1 Å². The zero-order valence-electron chi connectivity index (χ0n) is 19.7. The lowest BCUT2D eigenvalue weighted by Gasteiger charge is -2.26. The number of hydrogen-bond acceptors (Lipinski definition) is 7. The van der Waals surface area contributed by atoms with Crippen LogP contribution in [0, 0.1) is 0 Å². The van der Waals surface area contributed by atoms with Gasteiger partial charge < -0.3 is 14.3 Å². The molecule has 0 spiro atoms. The van der Waals surface area contributed by atoms with Crippen molar-refractivity contribution in [2.24, 2.45) is 0 Å². The number of likely N-dealkylation sites (tertiary alicyclic amines) is 1. The minimum atomic E-state index is -0.488. The highest BCUT2D eigenvalue weighted by atomic mass is 35.5. The highest BCUT2D eigenvalue weighted by Crippen LogP contribution is 2.48. The third-order valence-electron chi connectivity index (χ3n) is 7.02. The van der Waals surface area contributed by atoms with E-state index in [1.807, 2.05) is 31.2 Å². The summed E-state index contributed by atoms with van der Waals surface area (Å²) in [5.41, 5.74) is 4.85. The van der Waals surface area contributed by atoms with E-state index in [-0.39, 0.29) is 6.10 Å². The minimum Gasteiger partial charge on any atom is -0.481 e. The normalized spacial score (nSPS) is 19.1. The van der Waals surface area contributed by atoms with Crippen LogP contribution in [0.3, 0.4) is 0 Å². The second-order valence-electron chi connectivity index (χ2n) is 9.40. The van der Waals surface area contributed by atoms with Gasteiger partial charge in [-0.05, 0) is 56.6 Å². The quantitative estimate of drug-likeness (QED) is 0.311. The number of thiophene rings is 1. The molecule has 3 aromatic heterocycles. The zero-order valence-corrected chi connectivity index (χ0v) is 21.2. The molecule has 1 saturated heterocycles. The Morgan fingerprint density at radius 1 is 1.17 bits per heavy atom. The number of aliphatic hydroxyl groups excluding tert-OH is 1. The summed E-state index contributed by atoms with van der Waals surface area (Å²) >= 11 is 8.17. The number of rotatable bonds is 6. The second kappa shape index (κ2) is 9.54. The third kappa shape index (κ3) is 4.35. The van der Waals surface area contributed by atoms with Crippen LogP contribution in [0.5, 0.6) is 5.75 Å². The van der Waals surface area contributed by atoms with Gasteiger partial charge in [-0.3, -0.25) is 9.88 Å². The van der Waals surface area contributed by atoms with Gasteiger partial charge in [0.15, 0.2) is 18.3 Å². The molecule has 6 rings (SSSR count). The number of aromatic nitrogens is 2. The largest absolute Gasteiger partial charge is 0.481 e. The number of pyridine rings is 1. The van der Waals surface area contributed by atoms with Crippen molar-refractivity contribution < 1.29 is 14.3 Å². The Bertz CT molecular complexity index is 1360. The molecule has 2 unspecified atom stereocenters. The predicted molar refractivity (Wildman–Crippen MR) is 138 cm³/mol. The summed E-state index contributed by atoms with van der Waals surface area (Å²) in [6.45, 7) is 4.97. The molecule has 0 bridgehead atoms. The molecule has 1 fully saturated rings. The Hall–Kier alpha value is -2.45. The SMILES string of the molecule is CCC(O)c1cc2nccc(-c3cc(Cl)cc4c3OC(c3ocnc3CN3CCCCC3)C4)c2s1. The topological polar surface area (TPSA) is 71.6 Å². The molecule has 0 radical (unpaired) electrons. The summed E-state index contributed by atoms with van der Waals surface area (Å²) in [6, 6.07) is 7.93. The Balaban J connectivity index is 1.35. The van der Waals surface area contributed by atoms with Crippen molar-refractivity contribution in [2.75, 3.05) is 13.1 Å². The predicted octanol–water partition coefficient (Wildman–Crippen LogP) is 6.71. The van der Waals surface area contributed by atoms with Crippen molar-refractivity contribution in [2.45, 2.75) is 57.8 Å². The first-order valence-electron chi connectivity index (χ1n) is 12.3. The molecule has 35 heavy (non-hydrogen) atoms. The fraction of sp³-hybridized carbons (Fsp3) is 0.407. The molecule has 0 amide bonds. The van der Waals surface area contributed by atoms with Gasteiger partial charge in [-0.15, -0.1) is 11.3 Å². The summed E-state index contributed by atoms with van der Waals surface area (Å²) in [5.74, 6) is 1.64. The zero-order chi connectivity index (χ0) is 23.9. The highest BCUT2D eigenvalue weighted by molar-refractivity contribution is 7.19. The first-order valence-corrected chi connectivity index (χ1v) is 13.5. The van der Waals surface area contributed by atoms with Crippen LogP contribution >= 0.6 is 22.9 Å². The number of oxazole rings is 1. The van der Waals surface area contributed by atoms with Crippen molar-refractivity contribution >= 4 is 33.2 Å². The van der Waals surface area contributed by atoms with Crippen molar-refractivity contribution in [1.29, 1.82) is 0 Å². The fourth-order valence-electron chi connectivity index (χ4n) is 5.19. The van der Waals surface area contributed by atoms with Crippen molar-refractivity contribution in [3.05, 3.63) is 63.8 Å². The Kier molecular flexibility index (Phi) is 6.26. The van der Waals surface area contributed by atoms with Crippen LogP contribution < -0.4 is 4.74 Å². The summed E-state index contributed by atoms with van der Waals surface area (Å²) in [4.78, 5) is 12.4. The average Bonchev–Trinajstić information content (AvgIpc) is 3.61. The summed E-state index contributed by atoms with van der Waals surface area (Å²) in [7, 11) is 0. The molecule has 4 aromatic rings. The van der Waals surface area contributed by atoms with E-state index >= 15 is 0 Å². The molecule has 8 heteroatoms. The van der Waals surface area contributed by atoms with E-state index in [4.69, 9.17) is 20.8 Å². The lowest BCUT2D eigenvalue weighted by molar-refractivity contribution is 0.177. The van der Waals surface area contributed by atoms with Gasteiger partial charge in [-0.25, -0.2) is 4.98 Å². The number of halogens is 1.